The number of aliphatic hydroxyl groups is 3. The van der Waals surface area contributed by atoms with Gasteiger partial charge in [-0.3, -0.25) is 0 Å². The molecule has 0 bridgehead atoms. The molecule has 1 fully saturated rings. The molecule has 1 rings (SSSR count). The molecule has 0 amide bonds. The van der Waals surface area contributed by atoms with Crippen molar-refractivity contribution in [2.24, 2.45) is 5.92 Å². The molecule has 0 spiro atoms. The molecule has 1 aliphatic rings. The van der Waals surface area contributed by atoms with Crippen LogP contribution in [0.1, 0.15) is 40.0 Å². The highest BCUT2D eigenvalue weighted by molar-refractivity contribution is 4.98. The summed E-state index contributed by atoms with van der Waals surface area (Å²) in [5.41, 5.74) is -1.83. The van der Waals surface area contributed by atoms with Crippen molar-refractivity contribution in [1.29, 1.82) is 0 Å². The summed E-state index contributed by atoms with van der Waals surface area (Å²) in [4.78, 5) is 0. The predicted molar refractivity (Wildman–Crippen MR) is 50.3 cm³/mol. The predicted octanol–water partition coefficient (Wildman–Crippen LogP) is 0.669. The fourth-order valence-electron chi connectivity index (χ4n) is 1.82. The molecule has 3 N–H and O–H groups in total. The molecule has 0 saturated heterocycles. The van der Waals surface area contributed by atoms with Crippen molar-refractivity contribution in [3.05, 3.63) is 0 Å². The molecule has 1 saturated carbocycles. The molecular formula is C10H20O3. The number of aliphatic hydroxyl groups excluding tert-OH is 1. The van der Waals surface area contributed by atoms with Gasteiger partial charge in [-0.05, 0) is 25.7 Å². The summed E-state index contributed by atoms with van der Waals surface area (Å²) in [6.45, 7) is 5.50. The van der Waals surface area contributed by atoms with E-state index in [9.17, 15) is 15.3 Å². The summed E-state index contributed by atoms with van der Waals surface area (Å²) >= 11 is 0. The Hall–Kier alpha value is -0.120. The maximum atomic E-state index is 10.1. The minimum atomic E-state index is -1.03. The minimum absolute atomic E-state index is 0.123. The van der Waals surface area contributed by atoms with E-state index in [0.717, 1.165) is 0 Å². The monoisotopic (exact) mass is 188 g/mol. The van der Waals surface area contributed by atoms with Crippen LogP contribution >= 0.6 is 0 Å². The largest absolute Gasteiger partial charge is 0.390 e. The Bertz CT molecular complexity index is 189. The van der Waals surface area contributed by atoms with Gasteiger partial charge in [-0.1, -0.05) is 13.8 Å². The van der Waals surface area contributed by atoms with Gasteiger partial charge in [0.2, 0.25) is 0 Å². The third kappa shape index (κ3) is 2.03. The molecule has 0 heterocycles. The Morgan fingerprint density at radius 1 is 1.23 bits per heavy atom. The molecule has 0 aliphatic heterocycles. The van der Waals surface area contributed by atoms with E-state index < -0.39 is 17.3 Å². The van der Waals surface area contributed by atoms with Crippen LogP contribution < -0.4 is 0 Å². The van der Waals surface area contributed by atoms with Crippen molar-refractivity contribution < 1.29 is 15.3 Å². The van der Waals surface area contributed by atoms with E-state index in [-0.39, 0.29) is 12.3 Å². The summed E-state index contributed by atoms with van der Waals surface area (Å²) in [7, 11) is 0. The quantitative estimate of drug-likeness (QED) is 0.567. The van der Waals surface area contributed by atoms with E-state index in [0.29, 0.717) is 12.8 Å². The van der Waals surface area contributed by atoms with Gasteiger partial charge < -0.3 is 15.3 Å². The average molecular weight is 188 g/mol. The minimum Gasteiger partial charge on any atom is -0.390 e. The topological polar surface area (TPSA) is 60.7 Å². The Kier molecular flexibility index (Phi) is 2.72. The Labute approximate surface area is 79.4 Å². The summed E-state index contributed by atoms with van der Waals surface area (Å²) < 4.78 is 0. The van der Waals surface area contributed by atoms with Gasteiger partial charge in [-0.2, -0.15) is 0 Å². The van der Waals surface area contributed by atoms with Crippen LogP contribution in [-0.4, -0.2) is 32.6 Å². The summed E-state index contributed by atoms with van der Waals surface area (Å²) in [5.74, 6) is 0.123. The molecule has 13 heavy (non-hydrogen) atoms. The molecule has 0 aromatic carbocycles. The highest BCUT2D eigenvalue weighted by Gasteiger charge is 2.45. The third-order valence-electron chi connectivity index (χ3n) is 3.40. The standard InChI is InChI=1S/C10H20O3/c1-7(2)10(13)5-4-9(3,12)8(11)6-10/h7-8,11-13H,4-6H2,1-3H3/t8?,9?,10-/m0/s1. The van der Waals surface area contributed by atoms with E-state index in [2.05, 4.69) is 0 Å². The smallest absolute Gasteiger partial charge is 0.0879 e. The lowest BCUT2D eigenvalue weighted by atomic mass is 9.70. The highest BCUT2D eigenvalue weighted by atomic mass is 16.3. The molecule has 3 nitrogen and oxygen atoms in total. The Morgan fingerprint density at radius 2 is 1.77 bits per heavy atom. The summed E-state index contributed by atoms with van der Waals surface area (Å²) in [6, 6.07) is 0. The second-order valence-corrected chi connectivity index (χ2v) is 4.84. The van der Waals surface area contributed by atoms with Crippen molar-refractivity contribution in [2.75, 3.05) is 0 Å². The number of hydrogen-bond donors (Lipinski definition) is 3. The van der Waals surface area contributed by atoms with Gasteiger partial charge in [0.1, 0.15) is 0 Å². The maximum Gasteiger partial charge on any atom is 0.0879 e. The lowest BCUT2D eigenvalue weighted by Crippen LogP contribution is -2.53. The van der Waals surface area contributed by atoms with Crippen LogP contribution in [0.15, 0.2) is 0 Å². The van der Waals surface area contributed by atoms with E-state index in [1.807, 2.05) is 13.8 Å². The first-order valence-corrected chi connectivity index (χ1v) is 4.91. The Balaban J connectivity index is 2.70. The second kappa shape index (κ2) is 3.23. The van der Waals surface area contributed by atoms with E-state index in [1.165, 1.54) is 0 Å². The molecule has 3 atom stereocenters. The van der Waals surface area contributed by atoms with Gasteiger partial charge in [0.25, 0.3) is 0 Å². The first-order valence-electron chi connectivity index (χ1n) is 4.91. The molecule has 2 unspecified atom stereocenters. The van der Waals surface area contributed by atoms with E-state index in [1.54, 1.807) is 6.92 Å². The SMILES string of the molecule is CC(C)[C@]1(O)CCC(C)(O)C(O)C1. The van der Waals surface area contributed by atoms with Crippen molar-refractivity contribution in [1.82, 2.24) is 0 Å². The first-order chi connectivity index (χ1) is 5.78. The lowest BCUT2D eigenvalue weighted by Gasteiger charge is -2.44. The highest BCUT2D eigenvalue weighted by Crippen LogP contribution is 2.38. The van der Waals surface area contributed by atoms with Crippen LogP contribution in [0.3, 0.4) is 0 Å². The van der Waals surface area contributed by atoms with Crippen LogP contribution in [0.5, 0.6) is 0 Å². The van der Waals surface area contributed by atoms with E-state index in [4.69, 9.17) is 0 Å². The summed E-state index contributed by atoms with van der Waals surface area (Å²) in [6.07, 6.45) is 0.489. The van der Waals surface area contributed by atoms with Gasteiger partial charge in [-0.15, -0.1) is 0 Å². The average Bonchev–Trinajstić information content (AvgIpc) is 1.98. The van der Waals surface area contributed by atoms with Crippen LogP contribution in [0.2, 0.25) is 0 Å². The van der Waals surface area contributed by atoms with Gasteiger partial charge >= 0.3 is 0 Å². The van der Waals surface area contributed by atoms with Crippen molar-refractivity contribution >= 4 is 0 Å². The first kappa shape index (κ1) is 11.0. The van der Waals surface area contributed by atoms with Gasteiger partial charge in [0.05, 0.1) is 17.3 Å². The van der Waals surface area contributed by atoms with Gasteiger partial charge in [0, 0.05) is 6.42 Å². The van der Waals surface area contributed by atoms with Crippen molar-refractivity contribution in [3.63, 3.8) is 0 Å². The molecule has 0 aromatic rings. The summed E-state index contributed by atoms with van der Waals surface area (Å²) in [5, 5.41) is 29.4. The molecule has 0 radical (unpaired) electrons. The number of hydrogen-bond acceptors (Lipinski definition) is 3. The fourth-order valence-corrected chi connectivity index (χ4v) is 1.82. The van der Waals surface area contributed by atoms with Crippen LogP contribution in [0, 0.1) is 5.92 Å². The van der Waals surface area contributed by atoms with Gasteiger partial charge in [-0.25, -0.2) is 0 Å². The van der Waals surface area contributed by atoms with Gasteiger partial charge in [0.15, 0.2) is 0 Å². The zero-order valence-electron chi connectivity index (χ0n) is 8.62. The van der Waals surface area contributed by atoms with Crippen molar-refractivity contribution in [2.45, 2.75) is 57.3 Å². The molecule has 1 aliphatic carbocycles. The lowest BCUT2D eigenvalue weighted by molar-refractivity contribution is -0.160. The normalized spacial score (nSPS) is 46.8. The zero-order valence-corrected chi connectivity index (χ0v) is 8.62. The van der Waals surface area contributed by atoms with Crippen LogP contribution in [0.4, 0.5) is 0 Å². The van der Waals surface area contributed by atoms with Crippen molar-refractivity contribution in [3.8, 4) is 0 Å². The zero-order chi connectivity index (χ0) is 10.3. The maximum absolute atomic E-state index is 10.1. The fraction of sp³-hybridized carbons (Fsp3) is 1.00. The third-order valence-corrected chi connectivity index (χ3v) is 3.40. The molecule has 78 valence electrons. The molecule has 3 heteroatoms. The number of rotatable bonds is 1. The van der Waals surface area contributed by atoms with E-state index >= 15 is 0 Å². The van der Waals surface area contributed by atoms with Crippen LogP contribution in [-0.2, 0) is 0 Å². The Morgan fingerprint density at radius 3 is 2.15 bits per heavy atom. The second-order valence-electron chi connectivity index (χ2n) is 4.84. The molecular weight excluding hydrogens is 168 g/mol. The van der Waals surface area contributed by atoms with Crippen LogP contribution in [0.25, 0.3) is 0 Å². The molecule has 0 aromatic heterocycles.